The largest absolute Gasteiger partial charge is 0.495 e. The summed E-state index contributed by atoms with van der Waals surface area (Å²) in [4.78, 5) is 23.0. The molecule has 0 aliphatic carbocycles. The molecule has 1 aromatic heterocycles. The van der Waals surface area contributed by atoms with Gasteiger partial charge in [-0.3, -0.25) is 9.48 Å². The third-order valence-electron chi connectivity index (χ3n) is 3.00. The van der Waals surface area contributed by atoms with E-state index in [-0.39, 0.29) is 5.69 Å². The maximum absolute atomic E-state index is 12.1. The molecule has 1 amide bonds. The van der Waals surface area contributed by atoms with E-state index in [1.54, 1.807) is 18.2 Å². The molecule has 1 atom stereocenters. The number of nitrogens with zero attached hydrogens (tertiary/aromatic N) is 2. The summed E-state index contributed by atoms with van der Waals surface area (Å²) in [6.45, 7) is 1.47. The van der Waals surface area contributed by atoms with E-state index in [1.807, 2.05) is 0 Å². The number of carboxylic acid groups (broad SMARTS) is 1. The molecule has 2 N–H and O–H groups in total. The number of halogens is 1. The van der Waals surface area contributed by atoms with Crippen LogP contribution in [0.15, 0.2) is 30.5 Å². The maximum Gasteiger partial charge on any atom is 0.328 e. The molecular formula is C14H14ClN3O4. The third-order valence-corrected chi connectivity index (χ3v) is 3.30. The Kier molecular flexibility index (Phi) is 4.67. The zero-order valence-corrected chi connectivity index (χ0v) is 12.7. The van der Waals surface area contributed by atoms with Crippen molar-refractivity contribution in [3.63, 3.8) is 0 Å². The molecule has 1 aromatic carbocycles. The zero-order chi connectivity index (χ0) is 16.3. The molecule has 0 saturated heterocycles. The highest BCUT2D eigenvalue weighted by Crippen LogP contribution is 2.27. The first-order valence-electron chi connectivity index (χ1n) is 6.35. The lowest BCUT2D eigenvalue weighted by Gasteiger charge is -2.07. The second-order valence-electron chi connectivity index (χ2n) is 4.50. The summed E-state index contributed by atoms with van der Waals surface area (Å²) in [7, 11) is 1.50. The van der Waals surface area contributed by atoms with Gasteiger partial charge < -0.3 is 15.2 Å². The van der Waals surface area contributed by atoms with Gasteiger partial charge in [-0.15, -0.1) is 0 Å². The Bertz CT molecular complexity index is 714. The number of hydrogen-bond acceptors (Lipinski definition) is 4. The average molecular weight is 324 g/mol. The molecule has 116 valence electrons. The van der Waals surface area contributed by atoms with Gasteiger partial charge in [-0.2, -0.15) is 5.10 Å². The molecule has 8 heteroatoms. The molecule has 1 heterocycles. The molecule has 0 bridgehead atoms. The molecule has 0 aliphatic heterocycles. The number of benzene rings is 1. The zero-order valence-electron chi connectivity index (χ0n) is 11.9. The fourth-order valence-electron chi connectivity index (χ4n) is 1.73. The van der Waals surface area contributed by atoms with Gasteiger partial charge in [0.15, 0.2) is 5.69 Å². The van der Waals surface area contributed by atoms with Gasteiger partial charge in [-0.1, -0.05) is 11.6 Å². The number of carboxylic acids is 1. The lowest BCUT2D eigenvalue weighted by molar-refractivity contribution is -0.140. The Morgan fingerprint density at radius 2 is 2.14 bits per heavy atom. The van der Waals surface area contributed by atoms with Gasteiger partial charge in [0.2, 0.25) is 0 Å². The minimum atomic E-state index is -1.03. The van der Waals surface area contributed by atoms with Gasteiger partial charge in [0.25, 0.3) is 5.91 Å². The van der Waals surface area contributed by atoms with E-state index in [2.05, 4.69) is 10.4 Å². The number of hydrogen-bond donors (Lipinski definition) is 2. The van der Waals surface area contributed by atoms with Crippen LogP contribution in [0.2, 0.25) is 5.02 Å². The molecule has 22 heavy (non-hydrogen) atoms. The number of aliphatic carboxylic acids is 1. The van der Waals surface area contributed by atoms with Crippen molar-refractivity contribution in [3.05, 3.63) is 41.2 Å². The van der Waals surface area contributed by atoms with Crippen molar-refractivity contribution in [2.24, 2.45) is 0 Å². The van der Waals surface area contributed by atoms with E-state index < -0.39 is 17.9 Å². The summed E-state index contributed by atoms with van der Waals surface area (Å²) in [6, 6.07) is 5.41. The summed E-state index contributed by atoms with van der Waals surface area (Å²) in [5.74, 6) is -0.992. The van der Waals surface area contributed by atoms with Crippen molar-refractivity contribution >= 4 is 29.2 Å². The van der Waals surface area contributed by atoms with Crippen LogP contribution in [0.1, 0.15) is 23.5 Å². The fraction of sp³-hybridized carbons (Fsp3) is 0.214. The minimum Gasteiger partial charge on any atom is -0.495 e. The number of ether oxygens (including phenoxy) is 1. The fourth-order valence-corrected chi connectivity index (χ4v) is 1.98. The summed E-state index contributed by atoms with van der Waals surface area (Å²) in [6.07, 6.45) is 1.44. The first-order valence-corrected chi connectivity index (χ1v) is 6.73. The monoisotopic (exact) mass is 323 g/mol. The molecule has 0 spiro atoms. The SMILES string of the molecule is COc1ccc(NC(=O)c2ccn(C(C)C(=O)O)n2)cc1Cl. The van der Waals surface area contributed by atoms with Crippen molar-refractivity contribution in [1.82, 2.24) is 9.78 Å². The summed E-state index contributed by atoms with van der Waals surface area (Å²) in [5, 5.41) is 15.9. The molecule has 1 unspecified atom stereocenters. The Morgan fingerprint density at radius 3 is 2.73 bits per heavy atom. The van der Waals surface area contributed by atoms with E-state index in [4.69, 9.17) is 21.4 Å². The highest BCUT2D eigenvalue weighted by Gasteiger charge is 2.17. The van der Waals surface area contributed by atoms with Crippen molar-refractivity contribution in [2.45, 2.75) is 13.0 Å². The number of rotatable bonds is 5. The highest BCUT2D eigenvalue weighted by atomic mass is 35.5. The lowest BCUT2D eigenvalue weighted by atomic mass is 10.3. The first-order chi connectivity index (χ1) is 10.4. The smallest absolute Gasteiger partial charge is 0.328 e. The summed E-state index contributed by atoms with van der Waals surface area (Å²) in [5.41, 5.74) is 0.594. The standard InChI is InChI=1S/C14H14ClN3O4/c1-8(14(20)21)18-6-5-11(17-18)13(19)16-9-3-4-12(22-2)10(15)7-9/h3-8H,1-2H3,(H,16,19)(H,20,21). The molecule has 7 nitrogen and oxygen atoms in total. The van der Waals surface area contributed by atoms with Crippen LogP contribution < -0.4 is 10.1 Å². The Morgan fingerprint density at radius 1 is 1.41 bits per heavy atom. The third kappa shape index (κ3) is 3.37. The second-order valence-corrected chi connectivity index (χ2v) is 4.91. The topological polar surface area (TPSA) is 93.5 Å². The van der Waals surface area contributed by atoms with Gasteiger partial charge >= 0.3 is 5.97 Å². The van der Waals surface area contributed by atoms with Crippen LogP contribution in [0.3, 0.4) is 0 Å². The Balaban J connectivity index is 2.12. The summed E-state index contributed by atoms with van der Waals surface area (Å²) >= 11 is 5.98. The molecule has 2 aromatic rings. The summed E-state index contributed by atoms with van der Waals surface area (Å²) < 4.78 is 6.23. The van der Waals surface area contributed by atoms with E-state index >= 15 is 0 Å². The van der Waals surface area contributed by atoms with Crippen LogP contribution in [0.5, 0.6) is 5.75 Å². The first kappa shape index (κ1) is 15.8. The van der Waals surface area contributed by atoms with Gasteiger partial charge in [0.05, 0.1) is 12.1 Å². The van der Waals surface area contributed by atoms with Gasteiger partial charge in [0, 0.05) is 11.9 Å². The van der Waals surface area contributed by atoms with Crippen molar-refractivity contribution in [1.29, 1.82) is 0 Å². The van der Waals surface area contributed by atoms with Gasteiger partial charge in [0.1, 0.15) is 11.8 Å². The predicted octanol–water partition coefficient (Wildman–Crippen LogP) is 2.44. The minimum absolute atomic E-state index is 0.111. The van der Waals surface area contributed by atoms with E-state index in [1.165, 1.54) is 31.0 Å². The van der Waals surface area contributed by atoms with Crippen LogP contribution in [0, 0.1) is 0 Å². The number of methoxy groups -OCH3 is 1. The number of aromatic nitrogens is 2. The van der Waals surface area contributed by atoms with Crippen LogP contribution >= 0.6 is 11.6 Å². The van der Waals surface area contributed by atoms with Crippen molar-refractivity contribution in [3.8, 4) is 5.75 Å². The molecule has 0 aliphatic rings. The van der Waals surface area contributed by atoms with Crippen LogP contribution in [0.4, 0.5) is 5.69 Å². The average Bonchev–Trinajstić information content (AvgIpc) is 2.96. The van der Waals surface area contributed by atoms with Crippen molar-refractivity contribution < 1.29 is 19.4 Å². The molecule has 0 saturated carbocycles. The van der Waals surface area contributed by atoms with E-state index in [9.17, 15) is 9.59 Å². The van der Waals surface area contributed by atoms with Gasteiger partial charge in [-0.25, -0.2) is 4.79 Å². The number of nitrogens with one attached hydrogen (secondary N) is 1. The van der Waals surface area contributed by atoms with Crippen LogP contribution in [0.25, 0.3) is 0 Å². The number of anilines is 1. The molecular weight excluding hydrogens is 310 g/mol. The number of carbonyl (C=O) groups is 2. The Labute approximate surface area is 131 Å². The normalized spacial score (nSPS) is 11.8. The molecule has 2 rings (SSSR count). The number of carbonyl (C=O) groups excluding carboxylic acids is 1. The second kappa shape index (κ2) is 6.48. The van der Waals surface area contributed by atoms with Gasteiger partial charge in [-0.05, 0) is 31.2 Å². The van der Waals surface area contributed by atoms with E-state index in [0.29, 0.717) is 16.5 Å². The number of amides is 1. The van der Waals surface area contributed by atoms with Crippen LogP contribution in [-0.2, 0) is 4.79 Å². The predicted molar refractivity (Wildman–Crippen MR) is 80.5 cm³/mol. The molecule has 0 fully saturated rings. The maximum atomic E-state index is 12.1. The molecule has 0 radical (unpaired) electrons. The highest BCUT2D eigenvalue weighted by molar-refractivity contribution is 6.32. The van der Waals surface area contributed by atoms with Crippen LogP contribution in [-0.4, -0.2) is 33.9 Å². The lowest BCUT2D eigenvalue weighted by Crippen LogP contribution is -2.18. The van der Waals surface area contributed by atoms with E-state index in [0.717, 1.165) is 0 Å². The quantitative estimate of drug-likeness (QED) is 0.881. The van der Waals surface area contributed by atoms with Crippen molar-refractivity contribution in [2.75, 3.05) is 12.4 Å². The Hall–Kier alpha value is -2.54.